The SMILES string of the molecule is CC1OC(COP(=O)(O)O)C(O)C(O)C1O. The van der Waals surface area contributed by atoms with Gasteiger partial charge in [-0.05, 0) is 6.92 Å². The van der Waals surface area contributed by atoms with Gasteiger partial charge in [0.15, 0.2) is 0 Å². The number of aliphatic hydroxyl groups excluding tert-OH is 3. The second-order valence-electron chi connectivity index (χ2n) is 3.64. The number of phosphoric acid groups is 1. The molecule has 0 saturated carbocycles. The van der Waals surface area contributed by atoms with Crippen LogP contribution in [0.2, 0.25) is 0 Å². The highest BCUT2D eigenvalue weighted by atomic mass is 31.2. The molecule has 0 aliphatic carbocycles. The van der Waals surface area contributed by atoms with Crippen LogP contribution in [0.4, 0.5) is 0 Å². The molecule has 1 aliphatic rings. The van der Waals surface area contributed by atoms with Crippen molar-refractivity contribution in [3.8, 4) is 0 Å². The van der Waals surface area contributed by atoms with E-state index in [0.717, 1.165) is 0 Å². The summed E-state index contributed by atoms with van der Waals surface area (Å²) in [4.78, 5) is 16.9. The van der Waals surface area contributed by atoms with Crippen LogP contribution in [0, 0.1) is 0 Å². The first-order chi connectivity index (χ1) is 7.22. The largest absolute Gasteiger partial charge is 0.469 e. The van der Waals surface area contributed by atoms with E-state index in [4.69, 9.17) is 14.5 Å². The number of ether oxygens (including phenoxy) is 1. The Bertz CT molecular complexity index is 278. The Hall–Kier alpha value is -0.0500. The highest BCUT2D eigenvalue weighted by Gasteiger charge is 2.42. The van der Waals surface area contributed by atoms with Crippen molar-refractivity contribution in [3.05, 3.63) is 0 Å². The van der Waals surface area contributed by atoms with Gasteiger partial charge < -0.3 is 29.8 Å². The summed E-state index contributed by atoms with van der Waals surface area (Å²) in [6, 6.07) is 0. The molecule has 8 nitrogen and oxygen atoms in total. The van der Waals surface area contributed by atoms with E-state index in [0.29, 0.717) is 0 Å². The third-order valence-electron chi connectivity index (χ3n) is 2.36. The maximum absolute atomic E-state index is 10.4. The highest BCUT2D eigenvalue weighted by Crippen LogP contribution is 2.36. The Balaban J connectivity index is 2.57. The van der Waals surface area contributed by atoms with Crippen LogP contribution in [0.25, 0.3) is 0 Å². The lowest BCUT2D eigenvalue weighted by molar-refractivity contribution is -0.223. The van der Waals surface area contributed by atoms with Crippen molar-refractivity contribution in [2.75, 3.05) is 6.61 Å². The number of phosphoric ester groups is 1. The fourth-order valence-electron chi connectivity index (χ4n) is 1.44. The number of aliphatic hydroxyl groups is 3. The average Bonchev–Trinajstić information content (AvgIpc) is 2.17. The third kappa shape index (κ3) is 3.47. The number of rotatable bonds is 3. The van der Waals surface area contributed by atoms with Crippen molar-refractivity contribution in [1.29, 1.82) is 0 Å². The van der Waals surface area contributed by atoms with E-state index in [1.165, 1.54) is 6.92 Å². The molecule has 96 valence electrons. The fourth-order valence-corrected chi connectivity index (χ4v) is 1.79. The van der Waals surface area contributed by atoms with Gasteiger partial charge in [-0.15, -0.1) is 0 Å². The van der Waals surface area contributed by atoms with Crippen LogP contribution in [0.1, 0.15) is 6.92 Å². The molecule has 5 unspecified atom stereocenters. The van der Waals surface area contributed by atoms with Crippen LogP contribution in [-0.4, -0.2) is 62.2 Å². The summed E-state index contributed by atoms with van der Waals surface area (Å²) in [7, 11) is -4.65. The van der Waals surface area contributed by atoms with E-state index in [1.807, 2.05) is 0 Å². The van der Waals surface area contributed by atoms with E-state index in [9.17, 15) is 19.9 Å². The first-order valence-electron chi connectivity index (χ1n) is 4.62. The van der Waals surface area contributed by atoms with E-state index in [-0.39, 0.29) is 0 Å². The van der Waals surface area contributed by atoms with Gasteiger partial charge in [-0.25, -0.2) is 4.57 Å². The Morgan fingerprint density at radius 3 is 2.25 bits per heavy atom. The Kier molecular flexibility index (Phi) is 4.44. The lowest BCUT2D eigenvalue weighted by Crippen LogP contribution is -2.57. The summed E-state index contributed by atoms with van der Waals surface area (Å²) in [6.07, 6.45) is -6.00. The summed E-state index contributed by atoms with van der Waals surface area (Å²) < 4.78 is 19.6. The molecule has 1 saturated heterocycles. The number of hydrogen-bond acceptors (Lipinski definition) is 6. The van der Waals surface area contributed by atoms with Crippen molar-refractivity contribution in [2.24, 2.45) is 0 Å². The minimum atomic E-state index is -4.65. The van der Waals surface area contributed by atoms with Crippen LogP contribution >= 0.6 is 7.82 Å². The van der Waals surface area contributed by atoms with Gasteiger partial charge >= 0.3 is 7.82 Å². The zero-order valence-electron chi connectivity index (χ0n) is 8.50. The van der Waals surface area contributed by atoms with Gasteiger partial charge in [-0.1, -0.05) is 0 Å². The molecule has 0 radical (unpaired) electrons. The fraction of sp³-hybridized carbons (Fsp3) is 1.00. The lowest BCUT2D eigenvalue weighted by Gasteiger charge is -2.39. The molecule has 9 heteroatoms. The van der Waals surface area contributed by atoms with Crippen molar-refractivity contribution >= 4 is 7.82 Å². The molecule has 0 aromatic heterocycles. The Morgan fingerprint density at radius 1 is 1.19 bits per heavy atom. The van der Waals surface area contributed by atoms with E-state index < -0.39 is 44.9 Å². The minimum absolute atomic E-state index is 0.570. The van der Waals surface area contributed by atoms with Crippen molar-refractivity contribution < 1.29 is 38.9 Å². The molecule has 0 amide bonds. The van der Waals surface area contributed by atoms with Gasteiger partial charge in [0.2, 0.25) is 0 Å². The molecule has 0 spiro atoms. The van der Waals surface area contributed by atoms with E-state index >= 15 is 0 Å². The summed E-state index contributed by atoms with van der Waals surface area (Å²) in [5.74, 6) is 0. The second kappa shape index (κ2) is 5.07. The van der Waals surface area contributed by atoms with Crippen LogP contribution in [0.3, 0.4) is 0 Å². The van der Waals surface area contributed by atoms with Gasteiger partial charge in [0, 0.05) is 0 Å². The van der Waals surface area contributed by atoms with Crippen LogP contribution in [-0.2, 0) is 13.8 Å². The predicted octanol–water partition coefficient (Wildman–Crippen LogP) is -2.03. The highest BCUT2D eigenvalue weighted by molar-refractivity contribution is 7.46. The normalized spacial score (nSPS) is 41.0. The molecule has 0 aromatic rings. The molecule has 5 N–H and O–H groups in total. The topological polar surface area (TPSA) is 137 Å². The van der Waals surface area contributed by atoms with E-state index in [2.05, 4.69) is 4.52 Å². The number of hydrogen-bond donors (Lipinski definition) is 5. The van der Waals surface area contributed by atoms with Gasteiger partial charge in [0.25, 0.3) is 0 Å². The zero-order chi connectivity index (χ0) is 12.5. The lowest BCUT2D eigenvalue weighted by atomic mass is 9.96. The molecule has 0 bridgehead atoms. The average molecular weight is 258 g/mol. The maximum atomic E-state index is 10.4. The summed E-state index contributed by atoms with van der Waals surface area (Å²) >= 11 is 0. The smallest absolute Gasteiger partial charge is 0.388 e. The van der Waals surface area contributed by atoms with Crippen LogP contribution in [0.5, 0.6) is 0 Å². The molecular formula is C7H15O8P. The molecule has 1 heterocycles. The predicted molar refractivity (Wildman–Crippen MR) is 50.4 cm³/mol. The van der Waals surface area contributed by atoms with Crippen molar-refractivity contribution in [1.82, 2.24) is 0 Å². The first-order valence-corrected chi connectivity index (χ1v) is 6.15. The summed E-state index contributed by atoms with van der Waals surface area (Å²) in [5.41, 5.74) is 0. The van der Waals surface area contributed by atoms with Crippen LogP contribution < -0.4 is 0 Å². The van der Waals surface area contributed by atoms with Crippen molar-refractivity contribution in [2.45, 2.75) is 37.4 Å². The first kappa shape index (κ1) is 14.0. The Labute approximate surface area is 91.7 Å². The standard InChI is InChI=1S/C7H15O8P/c1-3-5(8)7(10)6(9)4(15-3)2-14-16(11,12)13/h3-10H,2H2,1H3,(H2,11,12,13). The van der Waals surface area contributed by atoms with Gasteiger partial charge in [-0.2, -0.15) is 0 Å². The van der Waals surface area contributed by atoms with Crippen LogP contribution in [0.15, 0.2) is 0 Å². The minimum Gasteiger partial charge on any atom is -0.388 e. The molecule has 1 aliphatic heterocycles. The Morgan fingerprint density at radius 2 is 1.75 bits per heavy atom. The molecular weight excluding hydrogens is 243 g/mol. The monoisotopic (exact) mass is 258 g/mol. The molecule has 1 rings (SSSR count). The van der Waals surface area contributed by atoms with E-state index in [1.54, 1.807) is 0 Å². The molecule has 16 heavy (non-hydrogen) atoms. The zero-order valence-corrected chi connectivity index (χ0v) is 9.40. The van der Waals surface area contributed by atoms with Gasteiger partial charge in [0.1, 0.15) is 24.4 Å². The molecule has 1 fully saturated rings. The van der Waals surface area contributed by atoms with Gasteiger partial charge in [-0.3, -0.25) is 4.52 Å². The quantitative estimate of drug-likeness (QED) is 0.365. The van der Waals surface area contributed by atoms with Gasteiger partial charge in [0.05, 0.1) is 12.7 Å². The molecule has 0 aromatic carbocycles. The maximum Gasteiger partial charge on any atom is 0.469 e. The summed E-state index contributed by atoms with van der Waals surface area (Å²) in [6.45, 7) is 0.893. The van der Waals surface area contributed by atoms with Crippen molar-refractivity contribution in [3.63, 3.8) is 0 Å². The third-order valence-corrected chi connectivity index (χ3v) is 2.84. The molecule has 5 atom stereocenters. The summed E-state index contributed by atoms with van der Waals surface area (Å²) in [5, 5.41) is 28.2. The second-order valence-corrected chi connectivity index (χ2v) is 4.88.